The van der Waals surface area contributed by atoms with Crippen LogP contribution in [0.5, 0.6) is 0 Å². The van der Waals surface area contributed by atoms with Crippen LogP contribution in [0.15, 0.2) is 24.4 Å². The highest BCUT2D eigenvalue weighted by atomic mass is 15.3. The quantitative estimate of drug-likeness (QED) is 0.654. The molecule has 0 aliphatic carbocycles. The first-order valence-electron chi connectivity index (χ1n) is 4.09. The van der Waals surface area contributed by atoms with Crippen molar-refractivity contribution in [3.8, 4) is 5.82 Å². The minimum absolute atomic E-state index is 0.758. The molecule has 2 rings (SSSR count). The maximum Gasteiger partial charge on any atom is 0.175 e. The molecule has 4 nitrogen and oxygen atoms in total. The molecule has 0 bridgehead atoms. The number of aromatic nitrogens is 4. The Labute approximate surface area is 76.2 Å². The second-order valence-corrected chi connectivity index (χ2v) is 2.92. The topological polar surface area (TPSA) is 43.6 Å². The van der Waals surface area contributed by atoms with E-state index in [1.807, 2.05) is 32.0 Å². The first kappa shape index (κ1) is 7.91. The van der Waals surface area contributed by atoms with Gasteiger partial charge < -0.3 is 0 Å². The number of hydrogen-bond acceptors (Lipinski definition) is 3. The average Bonchev–Trinajstić information content (AvgIpc) is 2.53. The molecule has 0 saturated carbocycles. The van der Waals surface area contributed by atoms with Gasteiger partial charge in [-0.1, -0.05) is 0 Å². The van der Waals surface area contributed by atoms with Gasteiger partial charge in [0.25, 0.3) is 0 Å². The lowest BCUT2D eigenvalue weighted by molar-refractivity contribution is 0.784. The molecule has 0 N–H and O–H groups in total. The number of nitrogens with zero attached hydrogens (tertiary/aromatic N) is 4. The largest absolute Gasteiger partial charge is 0.218 e. The van der Waals surface area contributed by atoms with Crippen LogP contribution in [-0.4, -0.2) is 20.0 Å². The molecule has 2 aromatic rings. The Kier molecular flexibility index (Phi) is 1.81. The summed E-state index contributed by atoms with van der Waals surface area (Å²) in [5.41, 5.74) is 1.96. The summed E-state index contributed by atoms with van der Waals surface area (Å²) in [7, 11) is 0. The highest BCUT2D eigenvalue weighted by Gasteiger charge is 2.01. The summed E-state index contributed by atoms with van der Waals surface area (Å²) in [6.45, 7) is 3.89. The standard InChI is InChI=1S/C9H10N4/c1-7-3-4-9(12-11-7)13-8(2)5-6-10-13/h3-6H,1-2H3. The summed E-state index contributed by atoms with van der Waals surface area (Å²) in [5, 5.41) is 12.1. The molecule has 0 radical (unpaired) electrons. The maximum atomic E-state index is 4.13. The van der Waals surface area contributed by atoms with E-state index in [0.717, 1.165) is 17.2 Å². The van der Waals surface area contributed by atoms with E-state index in [9.17, 15) is 0 Å². The van der Waals surface area contributed by atoms with Crippen LogP contribution in [0, 0.1) is 13.8 Å². The third kappa shape index (κ3) is 1.42. The molecule has 0 atom stereocenters. The second-order valence-electron chi connectivity index (χ2n) is 2.92. The average molecular weight is 174 g/mol. The maximum absolute atomic E-state index is 4.13. The monoisotopic (exact) mass is 174 g/mol. The van der Waals surface area contributed by atoms with Gasteiger partial charge in [-0.05, 0) is 32.0 Å². The molecule has 4 heteroatoms. The Balaban J connectivity index is 2.47. The number of rotatable bonds is 1. The van der Waals surface area contributed by atoms with Crippen LogP contribution in [0.3, 0.4) is 0 Å². The SMILES string of the molecule is Cc1ccc(-n2nccc2C)nn1. The predicted molar refractivity (Wildman–Crippen MR) is 48.6 cm³/mol. The molecule has 66 valence electrons. The number of aryl methyl sites for hydroxylation is 2. The van der Waals surface area contributed by atoms with Gasteiger partial charge in [-0.2, -0.15) is 10.2 Å². The van der Waals surface area contributed by atoms with Gasteiger partial charge in [0.2, 0.25) is 0 Å². The molecule has 0 aliphatic rings. The number of hydrogen-bond donors (Lipinski definition) is 0. The summed E-state index contributed by atoms with van der Waals surface area (Å²) in [5.74, 6) is 0.758. The fourth-order valence-electron chi connectivity index (χ4n) is 1.11. The Morgan fingerprint density at radius 3 is 2.46 bits per heavy atom. The van der Waals surface area contributed by atoms with Crippen molar-refractivity contribution in [1.82, 2.24) is 20.0 Å². The smallest absolute Gasteiger partial charge is 0.175 e. The van der Waals surface area contributed by atoms with Crippen LogP contribution >= 0.6 is 0 Å². The third-order valence-corrected chi connectivity index (χ3v) is 1.83. The molecule has 0 saturated heterocycles. The van der Waals surface area contributed by atoms with Crippen molar-refractivity contribution in [1.29, 1.82) is 0 Å². The van der Waals surface area contributed by atoms with Crippen LogP contribution in [0.1, 0.15) is 11.4 Å². The van der Waals surface area contributed by atoms with Gasteiger partial charge in [0.05, 0.1) is 5.69 Å². The van der Waals surface area contributed by atoms with Crippen molar-refractivity contribution in [2.45, 2.75) is 13.8 Å². The Bertz CT molecular complexity index is 402. The fourth-order valence-corrected chi connectivity index (χ4v) is 1.11. The molecule has 2 aromatic heterocycles. The lowest BCUT2D eigenvalue weighted by Gasteiger charge is -2.01. The van der Waals surface area contributed by atoms with Gasteiger partial charge >= 0.3 is 0 Å². The molecule has 13 heavy (non-hydrogen) atoms. The van der Waals surface area contributed by atoms with E-state index < -0.39 is 0 Å². The van der Waals surface area contributed by atoms with Crippen molar-refractivity contribution in [2.24, 2.45) is 0 Å². The van der Waals surface area contributed by atoms with Crippen molar-refractivity contribution >= 4 is 0 Å². The molecular weight excluding hydrogens is 164 g/mol. The summed E-state index contributed by atoms with van der Waals surface area (Å²) >= 11 is 0. The lowest BCUT2D eigenvalue weighted by atomic mass is 10.4. The van der Waals surface area contributed by atoms with Gasteiger partial charge in [0.15, 0.2) is 5.82 Å². The van der Waals surface area contributed by atoms with Crippen LogP contribution in [0.4, 0.5) is 0 Å². The summed E-state index contributed by atoms with van der Waals surface area (Å²) in [4.78, 5) is 0. The van der Waals surface area contributed by atoms with Crippen molar-refractivity contribution in [2.75, 3.05) is 0 Å². The zero-order chi connectivity index (χ0) is 9.26. The highest BCUT2D eigenvalue weighted by Crippen LogP contribution is 2.05. The summed E-state index contributed by atoms with van der Waals surface area (Å²) in [6.07, 6.45) is 1.75. The predicted octanol–water partition coefficient (Wildman–Crippen LogP) is 1.28. The van der Waals surface area contributed by atoms with Crippen molar-refractivity contribution < 1.29 is 0 Å². The van der Waals surface area contributed by atoms with E-state index in [4.69, 9.17) is 0 Å². The molecule has 0 amide bonds. The van der Waals surface area contributed by atoms with Gasteiger partial charge in [-0.3, -0.25) is 0 Å². The minimum atomic E-state index is 0.758. The lowest BCUT2D eigenvalue weighted by Crippen LogP contribution is -2.02. The molecule has 0 unspecified atom stereocenters. The zero-order valence-corrected chi connectivity index (χ0v) is 7.60. The third-order valence-electron chi connectivity index (χ3n) is 1.83. The first-order valence-corrected chi connectivity index (χ1v) is 4.09. The normalized spacial score (nSPS) is 10.3. The Morgan fingerprint density at radius 2 is 1.92 bits per heavy atom. The van der Waals surface area contributed by atoms with Crippen molar-refractivity contribution in [3.63, 3.8) is 0 Å². The molecule has 2 heterocycles. The molecular formula is C9H10N4. The Morgan fingerprint density at radius 1 is 1.08 bits per heavy atom. The second kappa shape index (κ2) is 2.97. The fraction of sp³-hybridized carbons (Fsp3) is 0.222. The van der Waals surface area contributed by atoms with Crippen LogP contribution in [0.25, 0.3) is 5.82 Å². The van der Waals surface area contributed by atoms with E-state index in [0.29, 0.717) is 0 Å². The van der Waals surface area contributed by atoms with E-state index in [-0.39, 0.29) is 0 Å². The van der Waals surface area contributed by atoms with Crippen LogP contribution in [0.2, 0.25) is 0 Å². The van der Waals surface area contributed by atoms with Gasteiger partial charge in [-0.15, -0.1) is 5.10 Å². The van der Waals surface area contributed by atoms with Crippen molar-refractivity contribution in [3.05, 3.63) is 35.8 Å². The van der Waals surface area contributed by atoms with Gasteiger partial charge in [0.1, 0.15) is 0 Å². The first-order chi connectivity index (χ1) is 6.27. The Hall–Kier alpha value is -1.71. The molecule has 0 spiro atoms. The van der Waals surface area contributed by atoms with Crippen LogP contribution < -0.4 is 0 Å². The summed E-state index contributed by atoms with van der Waals surface area (Å²) in [6, 6.07) is 5.76. The van der Waals surface area contributed by atoms with Crippen LogP contribution in [-0.2, 0) is 0 Å². The van der Waals surface area contributed by atoms with E-state index in [2.05, 4.69) is 15.3 Å². The molecule has 0 aromatic carbocycles. The minimum Gasteiger partial charge on any atom is -0.218 e. The summed E-state index contributed by atoms with van der Waals surface area (Å²) < 4.78 is 1.76. The van der Waals surface area contributed by atoms with E-state index >= 15 is 0 Å². The van der Waals surface area contributed by atoms with Gasteiger partial charge in [-0.25, -0.2) is 4.68 Å². The molecule has 0 aliphatic heterocycles. The molecule has 0 fully saturated rings. The van der Waals surface area contributed by atoms with E-state index in [1.54, 1.807) is 10.9 Å². The zero-order valence-electron chi connectivity index (χ0n) is 7.60. The van der Waals surface area contributed by atoms with E-state index in [1.165, 1.54) is 0 Å². The van der Waals surface area contributed by atoms with Gasteiger partial charge in [0, 0.05) is 11.9 Å². The highest BCUT2D eigenvalue weighted by molar-refractivity contribution is 5.22.